The molecule has 0 aromatic carbocycles. The highest BCUT2D eigenvalue weighted by Gasteiger charge is 2.37. The minimum Gasteiger partial charge on any atom is -0.481 e. The molecule has 0 saturated carbocycles. The summed E-state index contributed by atoms with van der Waals surface area (Å²) in [7, 11) is 0. The maximum Gasteiger partial charge on any atom is 0.311 e. The van der Waals surface area contributed by atoms with E-state index in [-0.39, 0.29) is 48.2 Å². The van der Waals surface area contributed by atoms with E-state index in [0.29, 0.717) is 25.7 Å². The first-order chi connectivity index (χ1) is 13.2. The summed E-state index contributed by atoms with van der Waals surface area (Å²) < 4.78 is 17.5. The lowest BCUT2D eigenvalue weighted by Crippen LogP contribution is -2.32. The van der Waals surface area contributed by atoms with Gasteiger partial charge in [-0.1, -0.05) is 6.92 Å². The number of carbonyl (C=O) groups excluding carboxylic acids is 2. The molecule has 2 saturated heterocycles. The van der Waals surface area contributed by atoms with Gasteiger partial charge in [0, 0.05) is 12.8 Å². The van der Waals surface area contributed by atoms with Crippen LogP contribution in [0.3, 0.4) is 0 Å². The van der Waals surface area contributed by atoms with E-state index >= 15 is 0 Å². The highest BCUT2D eigenvalue weighted by atomic mass is 16.6. The summed E-state index contributed by atoms with van der Waals surface area (Å²) in [5.74, 6) is -1.95. The second-order valence-corrected chi connectivity index (χ2v) is 8.27. The van der Waals surface area contributed by atoms with Crippen molar-refractivity contribution in [3.63, 3.8) is 0 Å². The van der Waals surface area contributed by atoms with Crippen molar-refractivity contribution in [1.82, 2.24) is 0 Å². The van der Waals surface area contributed by atoms with Crippen LogP contribution in [0.1, 0.15) is 72.6 Å². The molecule has 7 heteroatoms. The Morgan fingerprint density at radius 1 is 1.00 bits per heavy atom. The van der Waals surface area contributed by atoms with E-state index in [1.165, 1.54) is 0 Å². The molecule has 1 N–H and O–H groups in total. The fourth-order valence-corrected chi connectivity index (χ4v) is 4.02. The van der Waals surface area contributed by atoms with Gasteiger partial charge in [-0.3, -0.25) is 14.4 Å². The van der Waals surface area contributed by atoms with E-state index in [4.69, 9.17) is 19.3 Å². The zero-order valence-electron chi connectivity index (χ0n) is 17.4. The van der Waals surface area contributed by atoms with Crippen LogP contribution in [-0.4, -0.2) is 53.3 Å². The van der Waals surface area contributed by atoms with Crippen LogP contribution in [-0.2, 0) is 28.6 Å². The van der Waals surface area contributed by atoms with E-state index in [1.807, 2.05) is 13.8 Å². The molecule has 2 fully saturated rings. The highest BCUT2D eigenvalue weighted by molar-refractivity contribution is 5.76. The van der Waals surface area contributed by atoms with E-state index < -0.39 is 11.9 Å². The number of carbonyl (C=O) groups is 3. The Labute approximate surface area is 167 Å². The molecule has 0 unspecified atom stereocenters. The molecule has 0 aliphatic carbocycles. The predicted molar refractivity (Wildman–Crippen MR) is 102 cm³/mol. The summed E-state index contributed by atoms with van der Waals surface area (Å²) in [5, 5.41) is 9.13. The Morgan fingerprint density at radius 3 is 2.14 bits per heavy atom. The summed E-state index contributed by atoms with van der Waals surface area (Å²) >= 11 is 0. The van der Waals surface area contributed by atoms with Crippen LogP contribution in [0.5, 0.6) is 0 Å². The summed E-state index contributed by atoms with van der Waals surface area (Å²) in [6.45, 7) is 6.98. The number of hydrogen-bond donors (Lipinski definition) is 1. The van der Waals surface area contributed by atoms with E-state index in [2.05, 4.69) is 0 Å². The summed E-state index contributed by atoms with van der Waals surface area (Å²) in [5.41, 5.74) is 0. The Bertz CT molecular complexity index is 561. The van der Waals surface area contributed by atoms with E-state index in [9.17, 15) is 14.4 Å². The van der Waals surface area contributed by atoms with Gasteiger partial charge >= 0.3 is 11.9 Å². The van der Waals surface area contributed by atoms with Gasteiger partial charge in [0.25, 0.3) is 0 Å². The lowest BCUT2D eigenvalue weighted by molar-refractivity contribution is -0.160. The van der Waals surface area contributed by atoms with Gasteiger partial charge in [0.05, 0.1) is 36.3 Å². The molecule has 0 aromatic rings. The smallest absolute Gasteiger partial charge is 0.311 e. The van der Waals surface area contributed by atoms with Gasteiger partial charge in [0.1, 0.15) is 11.9 Å². The van der Waals surface area contributed by atoms with Crippen LogP contribution < -0.4 is 0 Å². The average Bonchev–Trinajstić information content (AvgIpc) is 3.28. The van der Waals surface area contributed by atoms with Crippen LogP contribution >= 0.6 is 0 Å². The molecule has 0 amide bonds. The summed E-state index contributed by atoms with van der Waals surface area (Å²) in [6.07, 6.45) is 3.77. The molecule has 0 bridgehead atoms. The third-order valence-corrected chi connectivity index (χ3v) is 5.94. The van der Waals surface area contributed by atoms with Crippen molar-refractivity contribution in [2.75, 3.05) is 0 Å². The number of aliphatic carboxylic acids is 1. The van der Waals surface area contributed by atoms with Crippen molar-refractivity contribution >= 4 is 17.7 Å². The summed E-state index contributed by atoms with van der Waals surface area (Å²) in [6, 6.07) is 0. The van der Waals surface area contributed by atoms with Gasteiger partial charge in [-0.15, -0.1) is 0 Å². The average molecular weight is 398 g/mol. The van der Waals surface area contributed by atoms with Crippen molar-refractivity contribution in [3.05, 3.63) is 0 Å². The number of ketones is 1. The maximum absolute atomic E-state index is 12.6. The number of ether oxygens (including phenoxy) is 3. The first-order valence-electron chi connectivity index (χ1n) is 10.4. The van der Waals surface area contributed by atoms with Crippen LogP contribution in [0.15, 0.2) is 0 Å². The van der Waals surface area contributed by atoms with Crippen molar-refractivity contribution in [3.8, 4) is 0 Å². The third kappa shape index (κ3) is 6.27. The van der Waals surface area contributed by atoms with Crippen LogP contribution in [0.2, 0.25) is 0 Å². The first kappa shape index (κ1) is 22.8. The largest absolute Gasteiger partial charge is 0.481 e. The third-order valence-electron chi connectivity index (χ3n) is 5.94. The standard InChI is InChI=1S/C21H34O7/c1-5-15(11-17-7-8-18(27-17)13(3)20(23)24)28-21(25)14(4)19-9-6-16(26-19)10-12(2)22/h13-19H,5-11H2,1-4H3,(H,23,24)/t13-,14+,15+,16-,17-,18+,19+/m0/s1. The number of Topliss-reactive ketones (excluding diaryl/α,β-unsaturated/α-hetero) is 1. The van der Waals surface area contributed by atoms with Gasteiger partial charge in [-0.2, -0.15) is 0 Å². The molecule has 160 valence electrons. The molecule has 0 radical (unpaired) electrons. The molecule has 2 aliphatic heterocycles. The van der Waals surface area contributed by atoms with Crippen molar-refractivity contribution in [1.29, 1.82) is 0 Å². The zero-order valence-corrected chi connectivity index (χ0v) is 17.4. The zero-order chi connectivity index (χ0) is 20.8. The number of carboxylic acids is 1. The van der Waals surface area contributed by atoms with Crippen molar-refractivity contribution in [2.45, 2.75) is 103 Å². The molecular weight excluding hydrogens is 364 g/mol. The highest BCUT2D eigenvalue weighted by Crippen LogP contribution is 2.31. The molecule has 7 nitrogen and oxygen atoms in total. The van der Waals surface area contributed by atoms with Gasteiger partial charge < -0.3 is 19.3 Å². The van der Waals surface area contributed by atoms with Crippen molar-refractivity contribution < 1.29 is 33.7 Å². The minimum atomic E-state index is -0.849. The number of hydrogen-bond acceptors (Lipinski definition) is 6. The normalized spacial score (nSPS) is 30.6. The topological polar surface area (TPSA) is 99.1 Å². The monoisotopic (exact) mass is 398 g/mol. The quantitative estimate of drug-likeness (QED) is 0.564. The Kier molecular flexibility index (Phi) is 8.43. The fourth-order valence-electron chi connectivity index (χ4n) is 4.02. The molecule has 0 spiro atoms. The van der Waals surface area contributed by atoms with Gasteiger partial charge in [-0.25, -0.2) is 0 Å². The van der Waals surface area contributed by atoms with E-state index in [0.717, 1.165) is 19.3 Å². The van der Waals surface area contributed by atoms with E-state index in [1.54, 1.807) is 13.8 Å². The van der Waals surface area contributed by atoms with Gasteiger partial charge in [0.15, 0.2) is 0 Å². The Balaban J connectivity index is 1.80. The van der Waals surface area contributed by atoms with Crippen LogP contribution in [0.4, 0.5) is 0 Å². The van der Waals surface area contributed by atoms with Crippen LogP contribution in [0, 0.1) is 11.8 Å². The predicted octanol–water partition coefficient (Wildman–Crippen LogP) is 3.13. The van der Waals surface area contributed by atoms with Gasteiger partial charge in [0.2, 0.25) is 0 Å². The molecule has 2 heterocycles. The van der Waals surface area contributed by atoms with Crippen molar-refractivity contribution in [2.24, 2.45) is 11.8 Å². The maximum atomic E-state index is 12.6. The summed E-state index contributed by atoms with van der Waals surface area (Å²) in [4.78, 5) is 34.9. The molecular formula is C21H34O7. The number of rotatable bonds is 10. The number of esters is 1. The first-order valence-corrected chi connectivity index (χ1v) is 10.4. The fraction of sp³-hybridized carbons (Fsp3) is 0.857. The second-order valence-electron chi connectivity index (χ2n) is 8.27. The Morgan fingerprint density at radius 2 is 1.57 bits per heavy atom. The molecule has 28 heavy (non-hydrogen) atoms. The SMILES string of the molecule is CC[C@H](C[C@@H]1CC[C@H]([C@H](C)C(=O)O)O1)OC(=O)[C@H](C)[C@H]1CC[C@@H](CC(C)=O)O1. The van der Waals surface area contributed by atoms with Gasteiger partial charge in [-0.05, 0) is 52.9 Å². The molecule has 7 atom stereocenters. The molecule has 2 rings (SSSR count). The number of carboxylic acid groups (broad SMARTS) is 1. The molecule has 2 aliphatic rings. The lowest BCUT2D eigenvalue weighted by atomic mass is 10.0. The lowest BCUT2D eigenvalue weighted by Gasteiger charge is -2.24. The Hall–Kier alpha value is -1.47. The van der Waals surface area contributed by atoms with Crippen LogP contribution in [0.25, 0.3) is 0 Å². The minimum absolute atomic E-state index is 0.0810. The second kappa shape index (κ2) is 10.3. The molecule has 0 aromatic heterocycles.